The van der Waals surface area contributed by atoms with E-state index in [-0.39, 0.29) is 5.28 Å². The number of aromatic amines is 1. The van der Waals surface area contributed by atoms with Gasteiger partial charge >= 0.3 is 0 Å². The van der Waals surface area contributed by atoms with Crippen LogP contribution in [-0.2, 0) is 0 Å². The van der Waals surface area contributed by atoms with Gasteiger partial charge in [0.1, 0.15) is 10.9 Å². The van der Waals surface area contributed by atoms with Gasteiger partial charge in [0.15, 0.2) is 0 Å². The summed E-state index contributed by atoms with van der Waals surface area (Å²) in [5.74, 6) is 0.773. The van der Waals surface area contributed by atoms with Crippen molar-refractivity contribution in [2.24, 2.45) is 0 Å². The maximum atomic E-state index is 5.74. The van der Waals surface area contributed by atoms with E-state index in [1.54, 1.807) is 0 Å². The Kier molecular flexibility index (Phi) is 2.88. The Balaban J connectivity index is 2.24. The Bertz CT molecular complexity index is 463. The van der Waals surface area contributed by atoms with Crippen LogP contribution in [0.25, 0.3) is 0 Å². The van der Waals surface area contributed by atoms with Crippen LogP contribution in [0.4, 0.5) is 0 Å². The fraction of sp³-hybridized carbons (Fsp3) is 0.250. The van der Waals surface area contributed by atoms with Gasteiger partial charge in [0.2, 0.25) is 10.4 Å². The zero-order chi connectivity index (χ0) is 10.8. The van der Waals surface area contributed by atoms with Crippen LogP contribution in [0.3, 0.4) is 0 Å². The van der Waals surface area contributed by atoms with Crippen molar-refractivity contribution in [3.05, 3.63) is 22.9 Å². The van der Waals surface area contributed by atoms with E-state index in [1.807, 2.05) is 19.9 Å². The second kappa shape index (κ2) is 4.16. The van der Waals surface area contributed by atoms with E-state index in [9.17, 15) is 0 Å². The average molecular weight is 242 g/mol. The van der Waals surface area contributed by atoms with Crippen molar-refractivity contribution in [1.82, 2.24) is 25.1 Å². The summed E-state index contributed by atoms with van der Waals surface area (Å²) >= 11 is 7.09. The summed E-state index contributed by atoms with van der Waals surface area (Å²) in [6.07, 6.45) is 0. The summed E-state index contributed by atoms with van der Waals surface area (Å²) in [6.45, 7) is 3.70. The lowest BCUT2D eigenvalue weighted by Gasteiger charge is -1.98. The number of rotatable bonds is 2. The van der Waals surface area contributed by atoms with Crippen LogP contribution in [0, 0.1) is 13.8 Å². The first-order valence-electron chi connectivity index (χ1n) is 4.21. The van der Waals surface area contributed by atoms with Gasteiger partial charge in [-0.1, -0.05) is 0 Å². The number of hydrogen-bond acceptors (Lipinski definition) is 5. The monoisotopic (exact) mass is 241 g/mol. The van der Waals surface area contributed by atoms with E-state index >= 15 is 0 Å². The van der Waals surface area contributed by atoms with Gasteiger partial charge < -0.3 is 0 Å². The molecule has 0 aliphatic rings. The van der Waals surface area contributed by atoms with Crippen LogP contribution < -0.4 is 0 Å². The van der Waals surface area contributed by atoms with Crippen molar-refractivity contribution in [3.63, 3.8) is 0 Å². The molecule has 7 heteroatoms. The maximum Gasteiger partial charge on any atom is 0.223 e. The third-order valence-corrected chi connectivity index (χ3v) is 2.53. The molecule has 0 saturated carbocycles. The first-order chi connectivity index (χ1) is 7.13. The normalized spacial score (nSPS) is 10.6. The predicted molar refractivity (Wildman–Crippen MR) is 57.0 cm³/mol. The molecule has 0 spiro atoms. The molecule has 2 aromatic heterocycles. The molecule has 1 N–H and O–H groups in total. The van der Waals surface area contributed by atoms with E-state index in [4.69, 9.17) is 11.6 Å². The third-order valence-electron chi connectivity index (χ3n) is 1.58. The molecule has 2 heterocycles. The van der Waals surface area contributed by atoms with Gasteiger partial charge in [-0.2, -0.15) is 0 Å². The van der Waals surface area contributed by atoms with Gasteiger partial charge in [0.25, 0.3) is 0 Å². The van der Waals surface area contributed by atoms with Gasteiger partial charge in [-0.05, 0) is 43.3 Å². The van der Waals surface area contributed by atoms with E-state index < -0.39 is 0 Å². The standard InChI is InChI=1S/C8H8ClN5S/c1-4-3-6(12-7(9)10-4)15-8-11-5(2)13-14-8/h3H,1-2H3,(H,11,13,14). The maximum absolute atomic E-state index is 5.74. The Morgan fingerprint density at radius 3 is 2.67 bits per heavy atom. The first kappa shape index (κ1) is 10.4. The van der Waals surface area contributed by atoms with Crippen LogP contribution in [0.15, 0.2) is 16.2 Å². The smallest absolute Gasteiger partial charge is 0.223 e. The minimum atomic E-state index is 0.241. The summed E-state index contributed by atoms with van der Waals surface area (Å²) in [5, 5.41) is 8.36. The van der Waals surface area contributed by atoms with E-state index in [0.29, 0.717) is 5.16 Å². The van der Waals surface area contributed by atoms with Crippen molar-refractivity contribution in [2.75, 3.05) is 0 Å². The van der Waals surface area contributed by atoms with Crippen LogP contribution in [0.2, 0.25) is 5.28 Å². The highest BCUT2D eigenvalue weighted by Gasteiger charge is 2.06. The van der Waals surface area contributed by atoms with Crippen molar-refractivity contribution in [3.8, 4) is 0 Å². The fourth-order valence-electron chi connectivity index (χ4n) is 1.02. The molecule has 0 atom stereocenters. The topological polar surface area (TPSA) is 67.3 Å². The number of hydrogen-bond donors (Lipinski definition) is 1. The zero-order valence-electron chi connectivity index (χ0n) is 8.15. The lowest BCUT2D eigenvalue weighted by atomic mass is 10.5. The SMILES string of the molecule is Cc1cc(Sc2n[nH]c(C)n2)nc(Cl)n1. The molecule has 0 saturated heterocycles. The Morgan fingerprint density at radius 2 is 2.07 bits per heavy atom. The molecule has 0 unspecified atom stereocenters. The Labute approximate surface area is 95.7 Å². The van der Waals surface area contributed by atoms with Crippen molar-refractivity contribution >= 4 is 23.4 Å². The Hall–Kier alpha value is -1.14. The number of aromatic nitrogens is 5. The second-order valence-corrected chi connectivity index (χ2v) is 4.25. The Morgan fingerprint density at radius 1 is 1.27 bits per heavy atom. The summed E-state index contributed by atoms with van der Waals surface area (Å²) < 4.78 is 0. The average Bonchev–Trinajstić information content (AvgIpc) is 2.49. The highest BCUT2D eigenvalue weighted by molar-refractivity contribution is 7.99. The minimum absolute atomic E-state index is 0.241. The van der Waals surface area contributed by atoms with Gasteiger partial charge in [-0.25, -0.2) is 15.0 Å². The molecule has 0 aliphatic heterocycles. The van der Waals surface area contributed by atoms with Gasteiger partial charge in [0, 0.05) is 5.69 Å². The van der Waals surface area contributed by atoms with Gasteiger partial charge in [-0.15, -0.1) is 5.10 Å². The van der Waals surface area contributed by atoms with Gasteiger partial charge in [-0.3, -0.25) is 5.10 Å². The van der Waals surface area contributed by atoms with Crippen LogP contribution in [0.1, 0.15) is 11.5 Å². The molecule has 2 aromatic rings. The lowest BCUT2D eigenvalue weighted by Crippen LogP contribution is -1.89. The fourth-order valence-corrected chi connectivity index (χ4v) is 2.12. The highest BCUT2D eigenvalue weighted by atomic mass is 35.5. The molecule has 15 heavy (non-hydrogen) atoms. The minimum Gasteiger partial charge on any atom is -0.262 e. The summed E-state index contributed by atoms with van der Waals surface area (Å²) in [5.41, 5.74) is 0.824. The molecule has 0 amide bonds. The van der Waals surface area contributed by atoms with Crippen molar-refractivity contribution < 1.29 is 0 Å². The molecule has 2 rings (SSSR count). The van der Waals surface area contributed by atoms with Crippen LogP contribution in [0.5, 0.6) is 0 Å². The highest BCUT2D eigenvalue weighted by Crippen LogP contribution is 2.23. The van der Waals surface area contributed by atoms with E-state index in [1.165, 1.54) is 11.8 Å². The number of nitrogens with one attached hydrogen (secondary N) is 1. The third kappa shape index (κ3) is 2.66. The van der Waals surface area contributed by atoms with Crippen molar-refractivity contribution in [1.29, 1.82) is 0 Å². The molecule has 0 fully saturated rings. The molecule has 0 radical (unpaired) electrons. The summed E-state index contributed by atoms with van der Waals surface area (Å²) in [7, 11) is 0. The number of halogens is 1. The summed E-state index contributed by atoms with van der Waals surface area (Å²) in [4.78, 5) is 12.2. The lowest BCUT2D eigenvalue weighted by molar-refractivity contribution is 0.955. The second-order valence-electron chi connectivity index (χ2n) is 2.92. The molecule has 5 nitrogen and oxygen atoms in total. The van der Waals surface area contributed by atoms with Crippen molar-refractivity contribution in [2.45, 2.75) is 24.0 Å². The zero-order valence-corrected chi connectivity index (χ0v) is 9.72. The number of aryl methyl sites for hydroxylation is 2. The molecule has 0 bridgehead atoms. The van der Waals surface area contributed by atoms with E-state index in [0.717, 1.165) is 16.5 Å². The number of H-pyrrole nitrogens is 1. The molecular weight excluding hydrogens is 234 g/mol. The largest absolute Gasteiger partial charge is 0.262 e. The van der Waals surface area contributed by atoms with Gasteiger partial charge in [0.05, 0.1) is 0 Å². The summed E-state index contributed by atoms with van der Waals surface area (Å²) in [6, 6.07) is 1.84. The quantitative estimate of drug-likeness (QED) is 0.644. The van der Waals surface area contributed by atoms with Crippen LogP contribution >= 0.6 is 23.4 Å². The molecular formula is C8H8ClN5S. The van der Waals surface area contributed by atoms with E-state index in [2.05, 4.69) is 25.1 Å². The molecule has 0 aromatic carbocycles. The molecule has 78 valence electrons. The number of nitrogens with zero attached hydrogens (tertiary/aromatic N) is 4. The molecule has 0 aliphatic carbocycles. The first-order valence-corrected chi connectivity index (χ1v) is 5.41. The predicted octanol–water partition coefficient (Wildman–Crippen LogP) is 2.02. The van der Waals surface area contributed by atoms with Crippen LogP contribution in [-0.4, -0.2) is 25.1 Å².